The van der Waals surface area contributed by atoms with Gasteiger partial charge < -0.3 is 24.3 Å². The van der Waals surface area contributed by atoms with Crippen LogP contribution >= 0.6 is 0 Å². The lowest BCUT2D eigenvalue weighted by Crippen LogP contribution is -2.32. The van der Waals surface area contributed by atoms with Gasteiger partial charge in [0.2, 0.25) is 0 Å². The Hall–Kier alpha value is -3.48. The molecule has 1 amide bonds. The van der Waals surface area contributed by atoms with E-state index in [9.17, 15) is 9.59 Å². The summed E-state index contributed by atoms with van der Waals surface area (Å²) in [6, 6.07) is 12.7. The number of esters is 1. The normalized spacial score (nSPS) is 15.3. The predicted molar refractivity (Wildman–Crippen MR) is 105 cm³/mol. The van der Waals surface area contributed by atoms with Crippen molar-refractivity contribution in [2.45, 2.75) is 13.0 Å². The molecule has 2 aromatic rings. The fourth-order valence-corrected chi connectivity index (χ4v) is 3.15. The van der Waals surface area contributed by atoms with Crippen molar-refractivity contribution >= 4 is 18.0 Å². The SMILES string of the molecule is C[C@@H](NC(=O)COC(=O)C1=Cc2ccccc2OC1)c1ccc2c(c1)OCCO2. The van der Waals surface area contributed by atoms with Gasteiger partial charge in [-0.2, -0.15) is 0 Å². The van der Waals surface area contributed by atoms with E-state index in [4.69, 9.17) is 18.9 Å². The molecule has 2 heterocycles. The molecule has 150 valence electrons. The Kier molecular flexibility index (Phi) is 5.37. The van der Waals surface area contributed by atoms with Crippen LogP contribution in [0.15, 0.2) is 48.0 Å². The minimum absolute atomic E-state index is 0.116. The molecule has 0 fully saturated rings. The lowest BCUT2D eigenvalue weighted by atomic mass is 10.1. The summed E-state index contributed by atoms with van der Waals surface area (Å²) in [6.07, 6.45) is 1.72. The molecule has 7 nitrogen and oxygen atoms in total. The number of rotatable bonds is 5. The Morgan fingerprint density at radius 3 is 2.69 bits per heavy atom. The van der Waals surface area contributed by atoms with E-state index in [0.29, 0.717) is 30.3 Å². The second-order valence-electron chi connectivity index (χ2n) is 6.76. The minimum atomic E-state index is -0.568. The molecule has 0 radical (unpaired) electrons. The molecule has 0 aromatic heterocycles. The monoisotopic (exact) mass is 395 g/mol. The largest absolute Gasteiger partial charge is 0.488 e. The van der Waals surface area contributed by atoms with Crippen molar-refractivity contribution in [3.8, 4) is 17.2 Å². The highest BCUT2D eigenvalue weighted by atomic mass is 16.6. The predicted octanol–water partition coefficient (Wildman–Crippen LogP) is 2.65. The van der Waals surface area contributed by atoms with E-state index in [1.807, 2.05) is 49.4 Å². The molecule has 0 aliphatic carbocycles. The molecule has 1 atom stereocenters. The first-order valence-corrected chi connectivity index (χ1v) is 9.38. The van der Waals surface area contributed by atoms with Crippen molar-refractivity contribution < 1.29 is 28.5 Å². The molecule has 0 saturated carbocycles. The van der Waals surface area contributed by atoms with E-state index in [1.54, 1.807) is 6.08 Å². The number of amides is 1. The van der Waals surface area contributed by atoms with Gasteiger partial charge in [0.05, 0.1) is 11.6 Å². The molecule has 0 spiro atoms. The molecule has 4 rings (SSSR count). The molecular weight excluding hydrogens is 374 g/mol. The van der Waals surface area contributed by atoms with Gasteiger partial charge in [-0.1, -0.05) is 24.3 Å². The highest BCUT2D eigenvalue weighted by Crippen LogP contribution is 2.32. The summed E-state index contributed by atoms with van der Waals surface area (Å²) in [5.41, 5.74) is 2.05. The van der Waals surface area contributed by atoms with Gasteiger partial charge in [-0.3, -0.25) is 4.79 Å². The van der Waals surface area contributed by atoms with Crippen molar-refractivity contribution in [1.29, 1.82) is 0 Å². The Balaban J connectivity index is 1.31. The first kappa shape index (κ1) is 18.9. The molecule has 2 aromatic carbocycles. The molecule has 2 aliphatic heterocycles. The lowest BCUT2D eigenvalue weighted by Gasteiger charge is -2.21. The van der Waals surface area contributed by atoms with Crippen molar-refractivity contribution in [3.05, 3.63) is 59.2 Å². The average molecular weight is 395 g/mol. The third-order valence-electron chi connectivity index (χ3n) is 4.67. The summed E-state index contributed by atoms with van der Waals surface area (Å²) in [4.78, 5) is 24.5. The van der Waals surface area contributed by atoms with E-state index in [2.05, 4.69) is 5.32 Å². The molecule has 0 unspecified atom stereocenters. The van der Waals surface area contributed by atoms with Gasteiger partial charge in [0.25, 0.3) is 5.91 Å². The Labute approximate surface area is 168 Å². The van der Waals surface area contributed by atoms with Gasteiger partial charge in [-0.05, 0) is 36.8 Å². The van der Waals surface area contributed by atoms with Gasteiger partial charge >= 0.3 is 5.97 Å². The third kappa shape index (κ3) is 4.34. The third-order valence-corrected chi connectivity index (χ3v) is 4.67. The smallest absolute Gasteiger partial charge is 0.338 e. The summed E-state index contributed by atoms with van der Waals surface area (Å²) in [6.45, 7) is 2.62. The first-order valence-electron chi connectivity index (χ1n) is 9.38. The topological polar surface area (TPSA) is 83.1 Å². The number of ether oxygens (including phenoxy) is 4. The number of benzene rings is 2. The van der Waals surface area contributed by atoms with Crippen molar-refractivity contribution in [1.82, 2.24) is 5.32 Å². The van der Waals surface area contributed by atoms with Crippen molar-refractivity contribution in [2.75, 3.05) is 26.4 Å². The second-order valence-corrected chi connectivity index (χ2v) is 6.76. The summed E-state index contributed by atoms with van der Waals surface area (Å²) >= 11 is 0. The van der Waals surface area contributed by atoms with Crippen LogP contribution < -0.4 is 19.5 Å². The lowest BCUT2D eigenvalue weighted by molar-refractivity contribution is -0.145. The molecular formula is C22H21NO6. The standard InChI is InChI=1S/C22H21NO6/c1-14(15-6-7-19-20(11-15)27-9-8-26-19)23-21(24)13-29-22(25)17-10-16-4-2-3-5-18(16)28-12-17/h2-7,10-11,14H,8-9,12-13H2,1H3,(H,23,24)/t14-/m1/s1. The maximum atomic E-state index is 12.2. The summed E-state index contributed by atoms with van der Waals surface area (Å²) in [7, 11) is 0. The van der Waals surface area contributed by atoms with Crippen LogP contribution in [0.5, 0.6) is 17.2 Å². The summed E-state index contributed by atoms with van der Waals surface area (Å²) in [5.74, 6) is 1.11. The number of fused-ring (bicyclic) bond motifs is 2. The molecule has 1 N–H and O–H groups in total. The van der Waals surface area contributed by atoms with E-state index in [0.717, 1.165) is 16.9 Å². The Bertz CT molecular complexity index is 968. The van der Waals surface area contributed by atoms with Crippen LogP contribution in [0.4, 0.5) is 0 Å². The van der Waals surface area contributed by atoms with Crippen molar-refractivity contribution in [2.24, 2.45) is 0 Å². The Morgan fingerprint density at radius 1 is 1.03 bits per heavy atom. The molecule has 0 bridgehead atoms. The fraction of sp³-hybridized carbons (Fsp3) is 0.273. The number of carbonyl (C=O) groups excluding carboxylic acids is 2. The maximum Gasteiger partial charge on any atom is 0.338 e. The van der Waals surface area contributed by atoms with E-state index < -0.39 is 11.9 Å². The zero-order valence-corrected chi connectivity index (χ0v) is 16.0. The summed E-state index contributed by atoms with van der Waals surface area (Å²) in [5, 5.41) is 2.81. The number of hydrogen-bond acceptors (Lipinski definition) is 6. The number of hydrogen-bond donors (Lipinski definition) is 1. The number of nitrogens with one attached hydrogen (secondary N) is 1. The van der Waals surface area contributed by atoms with Crippen LogP contribution in [0.2, 0.25) is 0 Å². The van der Waals surface area contributed by atoms with Gasteiger partial charge in [0.1, 0.15) is 25.6 Å². The van der Waals surface area contributed by atoms with Gasteiger partial charge in [-0.25, -0.2) is 4.79 Å². The Morgan fingerprint density at radius 2 is 1.83 bits per heavy atom. The minimum Gasteiger partial charge on any atom is -0.488 e. The molecule has 29 heavy (non-hydrogen) atoms. The summed E-state index contributed by atoms with van der Waals surface area (Å²) < 4.78 is 21.7. The van der Waals surface area contributed by atoms with E-state index >= 15 is 0 Å². The van der Waals surface area contributed by atoms with Gasteiger partial charge in [-0.15, -0.1) is 0 Å². The van der Waals surface area contributed by atoms with Crippen molar-refractivity contribution in [3.63, 3.8) is 0 Å². The van der Waals surface area contributed by atoms with Crippen LogP contribution in [0.1, 0.15) is 24.1 Å². The van der Waals surface area contributed by atoms with Crippen LogP contribution in [0.3, 0.4) is 0 Å². The van der Waals surface area contributed by atoms with Crippen LogP contribution in [0, 0.1) is 0 Å². The first-order chi connectivity index (χ1) is 14.1. The molecule has 0 saturated heterocycles. The number of para-hydroxylation sites is 1. The van der Waals surface area contributed by atoms with Crippen LogP contribution in [0.25, 0.3) is 6.08 Å². The maximum absolute atomic E-state index is 12.2. The van der Waals surface area contributed by atoms with Crippen LogP contribution in [-0.4, -0.2) is 38.3 Å². The van der Waals surface area contributed by atoms with Gasteiger partial charge in [0, 0.05) is 5.56 Å². The highest BCUT2D eigenvalue weighted by molar-refractivity contribution is 5.96. The van der Waals surface area contributed by atoms with E-state index in [-0.39, 0.29) is 19.3 Å². The quantitative estimate of drug-likeness (QED) is 0.784. The molecule has 7 heteroatoms. The zero-order chi connectivity index (χ0) is 20.2. The second kappa shape index (κ2) is 8.26. The molecule has 2 aliphatic rings. The van der Waals surface area contributed by atoms with Crippen LogP contribution in [-0.2, 0) is 14.3 Å². The highest BCUT2D eigenvalue weighted by Gasteiger charge is 2.20. The number of carbonyl (C=O) groups is 2. The average Bonchev–Trinajstić information content (AvgIpc) is 2.76. The zero-order valence-electron chi connectivity index (χ0n) is 16.0. The fourth-order valence-electron chi connectivity index (χ4n) is 3.15. The van der Waals surface area contributed by atoms with E-state index in [1.165, 1.54) is 0 Å². The van der Waals surface area contributed by atoms with Gasteiger partial charge in [0.15, 0.2) is 18.1 Å².